The number of likely N-dealkylation sites (tertiary alicyclic amines) is 1. The van der Waals surface area contributed by atoms with Crippen LogP contribution in [0.1, 0.15) is 33.1 Å². The molecule has 0 aromatic carbocycles. The van der Waals surface area contributed by atoms with Gasteiger partial charge in [0, 0.05) is 18.8 Å². The summed E-state index contributed by atoms with van der Waals surface area (Å²) in [6.45, 7) is 6.03. The van der Waals surface area contributed by atoms with Crippen LogP contribution < -0.4 is 0 Å². The first-order chi connectivity index (χ1) is 6.02. The van der Waals surface area contributed by atoms with E-state index in [-0.39, 0.29) is 17.3 Å². The summed E-state index contributed by atoms with van der Waals surface area (Å²) in [7, 11) is 0. The van der Waals surface area contributed by atoms with Gasteiger partial charge in [0.1, 0.15) is 0 Å². The van der Waals surface area contributed by atoms with Crippen molar-refractivity contribution < 1.29 is 4.92 Å². The third kappa shape index (κ3) is 3.80. The molecule has 0 aliphatic carbocycles. The normalized spacial score (nSPS) is 18.7. The van der Waals surface area contributed by atoms with Crippen LogP contribution in [0.3, 0.4) is 0 Å². The third-order valence-electron chi connectivity index (χ3n) is 2.55. The molecule has 1 aliphatic rings. The summed E-state index contributed by atoms with van der Waals surface area (Å²) in [6.07, 6.45) is 3.65. The average Bonchev–Trinajstić information content (AvgIpc) is 2.05. The first kappa shape index (κ1) is 13.7. The summed E-state index contributed by atoms with van der Waals surface area (Å²) >= 11 is 0. The third-order valence-corrected chi connectivity index (χ3v) is 2.55. The topological polar surface area (TPSA) is 46.4 Å². The Bertz CT molecular complexity index is 191. The van der Waals surface area contributed by atoms with Gasteiger partial charge in [0.15, 0.2) is 0 Å². The minimum Gasteiger partial charge on any atom is -0.297 e. The van der Waals surface area contributed by atoms with Crippen molar-refractivity contribution in [3.63, 3.8) is 0 Å². The molecule has 1 fully saturated rings. The molecular weight excluding hydrogens is 204 g/mol. The van der Waals surface area contributed by atoms with E-state index in [0.29, 0.717) is 6.54 Å². The molecule has 0 atom stereocenters. The maximum absolute atomic E-state index is 10.7. The van der Waals surface area contributed by atoms with Crippen molar-refractivity contribution in [1.82, 2.24) is 4.90 Å². The molecule has 0 N–H and O–H groups in total. The van der Waals surface area contributed by atoms with Gasteiger partial charge in [-0.1, -0.05) is 6.42 Å². The van der Waals surface area contributed by atoms with Crippen LogP contribution in [-0.4, -0.2) is 35.0 Å². The molecule has 0 amide bonds. The lowest BCUT2D eigenvalue weighted by molar-refractivity contribution is -0.561. The van der Waals surface area contributed by atoms with Crippen LogP contribution in [0, 0.1) is 10.1 Å². The Labute approximate surface area is 91.2 Å². The number of nitrogens with zero attached hydrogens (tertiary/aromatic N) is 2. The summed E-state index contributed by atoms with van der Waals surface area (Å²) in [5.74, 6) is 0. The highest BCUT2D eigenvalue weighted by Gasteiger charge is 2.33. The number of hydrogen-bond donors (Lipinski definition) is 0. The molecule has 1 heterocycles. The highest BCUT2D eigenvalue weighted by Crippen LogP contribution is 2.15. The first-order valence-electron chi connectivity index (χ1n) is 4.89. The lowest BCUT2D eigenvalue weighted by Gasteiger charge is -2.29. The second kappa shape index (κ2) is 5.51. The van der Waals surface area contributed by atoms with E-state index in [4.69, 9.17) is 0 Å². The minimum absolute atomic E-state index is 0. The van der Waals surface area contributed by atoms with Gasteiger partial charge < -0.3 is 0 Å². The summed E-state index contributed by atoms with van der Waals surface area (Å²) in [4.78, 5) is 12.7. The van der Waals surface area contributed by atoms with Gasteiger partial charge in [0.25, 0.3) is 0 Å². The van der Waals surface area contributed by atoms with E-state index < -0.39 is 5.54 Å². The largest absolute Gasteiger partial charge is 0.297 e. The Hall–Kier alpha value is -0.350. The fourth-order valence-electron chi connectivity index (χ4n) is 1.72. The number of rotatable bonds is 3. The summed E-state index contributed by atoms with van der Waals surface area (Å²) in [5.41, 5.74) is -0.794. The molecule has 4 nitrogen and oxygen atoms in total. The molecule has 84 valence electrons. The predicted octanol–water partition coefficient (Wildman–Crippen LogP) is 1.95. The van der Waals surface area contributed by atoms with Gasteiger partial charge in [0.05, 0.1) is 6.54 Å². The maximum Gasteiger partial charge on any atom is 0.229 e. The van der Waals surface area contributed by atoms with Crippen LogP contribution in [0.5, 0.6) is 0 Å². The molecule has 0 unspecified atom stereocenters. The van der Waals surface area contributed by atoms with Gasteiger partial charge in [-0.3, -0.25) is 15.0 Å². The van der Waals surface area contributed by atoms with E-state index in [0.717, 1.165) is 13.1 Å². The van der Waals surface area contributed by atoms with Crippen LogP contribution in [0.25, 0.3) is 0 Å². The second-order valence-corrected chi connectivity index (χ2v) is 4.41. The number of hydrogen-bond acceptors (Lipinski definition) is 3. The monoisotopic (exact) mass is 222 g/mol. The van der Waals surface area contributed by atoms with E-state index in [1.54, 1.807) is 13.8 Å². The van der Waals surface area contributed by atoms with Crippen molar-refractivity contribution in [3.05, 3.63) is 10.1 Å². The van der Waals surface area contributed by atoms with E-state index in [1.165, 1.54) is 19.3 Å². The molecule has 14 heavy (non-hydrogen) atoms. The zero-order chi connectivity index (χ0) is 9.90. The van der Waals surface area contributed by atoms with Crippen molar-refractivity contribution in [2.45, 2.75) is 38.6 Å². The molecule has 1 aliphatic heterocycles. The number of nitro groups is 1. The lowest BCUT2D eigenvalue weighted by Crippen LogP contribution is -2.45. The molecular formula is C9H19ClN2O2. The van der Waals surface area contributed by atoms with Crippen LogP contribution in [0.15, 0.2) is 0 Å². The molecule has 0 aromatic rings. The predicted molar refractivity (Wildman–Crippen MR) is 58.6 cm³/mol. The molecule has 0 radical (unpaired) electrons. The fourth-order valence-corrected chi connectivity index (χ4v) is 1.72. The highest BCUT2D eigenvalue weighted by atomic mass is 35.5. The van der Waals surface area contributed by atoms with Gasteiger partial charge >= 0.3 is 0 Å². The Morgan fingerprint density at radius 2 is 1.79 bits per heavy atom. The molecule has 0 spiro atoms. The van der Waals surface area contributed by atoms with Crippen molar-refractivity contribution in [2.75, 3.05) is 19.6 Å². The first-order valence-corrected chi connectivity index (χ1v) is 4.89. The number of halogens is 1. The van der Waals surface area contributed by atoms with E-state index in [1.807, 2.05) is 0 Å². The van der Waals surface area contributed by atoms with Gasteiger partial charge in [0.2, 0.25) is 5.54 Å². The molecule has 0 aromatic heterocycles. The van der Waals surface area contributed by atoms with E-state index in [9.17, 15) is 10.1 Å². The summed E-state index contributed by atoms with van der Waals surface area (Å²) in [6, 6.07) is 0. The Morgan fingerprint density at radius 1 is 1.29 bits per heavy atom. The average molecular weight is 223 g/mol. The highest BCUT2D eigenvalue weighted by molar-refractivity contribution is 5.85. The lowest BCUT2D eigenvalue weighted by atomic mass is 10.0. The van der Waals surface area contributed by atoms with Crippen molar-refractivity contribution in [2.24, 2.45) is 0 Å². The molecule has 0 saturated carbocycles. The molecule has 5 heteroatoms. The summed E-state index contributed by atoms with van der Waals surface area (Å²) in [5, 5.41) is 10.7. The smallest absolute Gasteiger partial charge is 0.229 e. The molecule has 0 bridgehead atoms. The SMILES string of the molecule is CC(C)(CN1CCCCC1)[N+](=O)[O-].Cl. The van der Waals surface area contributed by atoms with Crippen molar-refractivity contribution in [3.8, 4) is 0 Å². The summed E-state index contributed by atoms with van der Waals surface area (Å²) < 4.78 is 0. The van der Waals surface area contributed by atoms with Gasteiger partial charge in [-0.25, -0.2) is 0 Å². The molecule has 1 rings (SSSR count). The maximum atomic E-state index is 10.7. The van der Waals surface area contributed by atoms with Crippen LogP contribution in [-0.2, 0) is 0 Å². The van der Waals surface area contributed by atoms with Crippen LogP contribution in [0.4, 0.5) is 0 Å². The van der Waals surface area contributed by atoms with Gasteiger partial charge in [-0.05, 0) is 25.9 Å². The zero-order valence-corrected chi connectivity index (χ0v) is 9.68. The Balaban J connectivity index is 0.00000169. The van der Waals surface area contributed by atoms with Gasteiger partial charge in [-0.2, -0.15) is 0 Å². The molecule has 1 saturated heterocycles. The Kier molecular flexibility index (Phi) is 5.37. The van der Waals surface area contributed by atoms with E-state index >= 15 is 0 Å². The number of piperidine rings is 1. The van der Waals surface area contributed by atoms with Crippen LogP contribution in [0.2, 0.25) is 0 Å². The standard InChI is InChI=1S/C9H18N2O2.ClH/c1-9(2,11(12)13)8-10-6-4-3-5-7-10;/h3-8H2,1-2H3;1H. The second-order valence-electron chi connectivity index (χ2n) is 4.41. The van der Waals surface area contributed by atoms with Crippen LogP contribution >= 0.6 is 12.4 Å². The Morgan fingerprint density at radius 3 is 2.21 bits per heavy atom. The fraction of sp³-hybridized carbons (Fsp3) is 1.00. The quantitative estimate of drug-likeness (QED) is 0.542. The van der Waals surface area contributed by atoms with Gasteiger partial charge in [-0.15, -0.1) is 12.4 Å². The minimum atomic E-state index is -0.794. The van der Waals surface area contributed by atoms with Crippen molar-refractivity contribution in [1.29, 1.82) is 0 Å². The van der Waals surface area contributed by atoms with E-state index in [2.05, 4.69) is 4.90 Å². The zero-order valence-electron chi connectivity index (χ0n) is 8.86. The van der Waals surface area contributed by atoms with Crippen molar-refractivity contribution >= 4 is 12.4 Å².